The van der Waals surface area contributed by atoms with E-state index in [1.165, 1.54) is 0 Å². The molecule has 3 unspecified atom stereocenters. The Balaban J connectivity index is 1.73. The summed E-state index contributed by atoms with van der Waals surface area (Å²) in [4.78, 5) is 16.7. The van der Waals surface area contributed by atoms with E-state index in [4.69, 9.17) is 23.2 Å². The van der Waals surface area contributed by atoms with Gasteiger partial charge in [0.25, 0.3) is 0 Å². The van der Waals surface area contributed by atoms with E-state index in [0.717, 1.165) is 18.5 Å². The highest BCUT2D eigenvalue weighted by Gasteiger charge is 2.60. The summed E-state index contributed by atoms with van der Waals surface area (Å²) in [6.07, 6.45) is 5.53. The van der Waals surface area contributed by atoms with Crippen molar-refractivity contribution in [1.82, 2.24) is 10.3 Å². The van der Waals surface area contributed by atoms with E-state index in [-0.39, 0.29) is 27.6 Å². The number of aromatic nitrogens is 1. The fraction of sp³-hybridized carbons (Fsp3) is 0.556. The van der Waals surface area contributed by atoms with Crippen molar-refractivity contribution in [3.63, 3.8) is 0 Å². The number of carbonyl (C=O) groups is 1. The van der Waals surface area contributed by atoms with Crippen molar-refractivity contribution in [2.45, 2.75) is 39.5 Å². The van der Waals surface area contributed by atoms with Crippen molar-refractivity contribution in [1.29, 1.82) is 0 Å². The van der Waals surface area contributed by atoms with Crippen LogP contribution < -0.4 is 5.32 Å². The third-order valence-corrected chi connectivity index (χ3v) is 5.06. The molecule has 1 heterocycles. The van der Waals surface area contributed by atoms with Gasteiger partial charge < -0.3 is 5.32 Å². The zero-order valence-corrected chi connectivity index (χ0v) is 15.4. The molecular formula is C18H24Cl2N2O. The predicted octanol–water partition coefficient (Wildman–Crippen LogP) is 4.67. The standard InChI is InChI=1S/C18H24Cl2N2O/c1-12(14-8-4-5-9-21-14)7-6-10-22-17(23)16-13(11-15(19)20)18(16,2)3/h4-5,8-9,11-13,16H,6-7,10H2,1-3H3,(H,22,23). The summed E-state index contributed by atoms with van der Waals surface area (Å²) in [5.74, 6) is 0.579. The maximum atomic E-state index is 12.3. The van der Waals surface area contributed by atoms with Crippen LogP contribution in [-0.4, -0.2) is 17.4 Å². The van der Waals surface area contributed by atoms with Crippen molar-refractivity contribution in [2.75, 3.05) is 6.54 Å². The van der Waals surface area contributed by atoms with E-state index in [2.05, 4.69) is 31.1 Å². The first-order chi connectivity index (χ1) is 10.8. The molecule has 1 saturated carbocycles. The number of halogens is 2. The molecule has 1 N–H and O–H groups in total. The number of rotatable bonds is 7. The molecule has 3 atom stereocenters. The molecule has 0 aromatic carbocycles. The summed E-state index contributed by atoms with van der Waals surface area (Å²) in [7, 11) is 0. The minimum Gasteiger partial charge on any atom is -0.356 e. The molecular weight excluding hydrogens is 331 g/mol. The Morgan fingerprint density at radius 3 is 2.78 bits per heavy atom. The lowest BCUT2D eigenvalue weighted by Gasteiger charge is -2.11. The molecule has 2 rings (SSSR count). The highest BCUT2D eigenvalue weighted by atomic mass is 35.5. The maximum absolute atomic E-state index is 12.3. The first kappa shape index (κ1) is 18.3. The number of nitrogens with one attached hydrogen (secondary N) is 1. The molecule has 1 aliphatic carbocycles. The van der Waals surface area contributed by atoms with Crippen LogP contribution in [-0.2, 0) is 4.79 Å². The monoisotopic (exact) mass is 354 g/mol. The minimum absolute atomic E-state index is 0.0387. The second-order valence-corrected chi connectivity index (χ2v) is 7.88. The van der Waals surface area contributed by atoms with Crippen LogP contribution in [0.2, 0.25) is 0 Å². The fourth-order valence-corrected chi connectivity index (χ4v) is 3.44. The van der Waals surface area contributed by atoms with E-state index >= 15 is 0 Å². The Morgan fingerprint density at radius 1 is 1.43 bits per heavy atom. The summed E-state index contributed by atoms with van der Waals surface area (Å²) in [6.45, 7) is 6.99. The van der Waals surface area contributed by atoms with Gasteiger partial charge in [0, 0.05) is 18.4 Å². The first-order valence-corrected chi connectivity index (χ1v) is 8.81. The molecule has 0 aliphatic heterocycles. The third-order valence-electron chi connectivity index (χ3n) is 4.80. The number of hydrogen-bond acceptors (Lipinski definition) is 2. The highest BCUT2D eigenvalue weighted by molar-refractivity contribution is 6.55. The topological polar surface area (TPSA) is 42.0 Å². The molecule has 0 radical (unpaired) electrons. The lowest BCUT2D eigenvalue weighted by molar-refractivity contribution is -0.123. The van der Waals surface area contributed by atoms with E-state index in [1.54, 1.807) is 6.08 Å². The predicted molar refractivity (Wildman–Crippen MR) is 95.4 cm³/mol. The van der Waals surface area contributed by atoms with Crippen molar-refractivity contribution >= 4 is 29.1 Å². The summed E-state index contributed by atoms with van der Waals surface area (Å²) < 4.78 is 0.238. The average Bonchev–Trinajstić information content (AvgIpc) is 3.04. The lowest BCUT2D eigenvalue weighted by Crippen LogP contribution is -2.28. The largest absolute Gasteiger partial charge is 0.356 e. The molecule has 126 valence electrons. The number of nitrogens with zero attached hydrogens (tertiary/aromatic N) is 1. The number of pyridine rings is 1. The lowest BCUT2D eigenvalue weighted by atomic mass is 10.0. The summed E-state index contributed by atoms with van der Waals surface area (Å²) in [5.41, 5.74) is 1.03. The molecule has 23 heavy (non-hydrogen) atoms. The number of hydrogen-bond donors (Lipinski definition) is 1. The number of amides is 1. The van der Waals surface area contributed by atoms with Gasteiger partial charge in [-0.15, -0.1) is 0 Å². The molecule has 0 spiro atoms. The van der Waals surface area contributed by atoms with Gasteiger partial charge >= 0.3 is 0 Å². The summed E-state index contributed by atoms with van der Waals surface area (Å²) in [6, 6.07) is 5.97. The molecule has 3 nitrogen and oxygen atoms in total. The zero-order chi connectivity index (χ0) is 17.0. The maximum Gasteiger partial charge on any atom is 0.224 e. The number of allylic oxidation sites excluding steroid dienone is 1. The van der Waals surface area contributed by atoms with Crippen LogP contribution in [0.4, 0.5) is 0 Å². The second kappa shape index (κ2) is 7.67. The van der Waals surface area contributed by atoms with Gasteiger partial charge in [-0.3, -0.25) is 9.78 Å². The smallest absolute Gasteiger partial charge is 0.224 e. The molecule has 1 fully saturated rings. The zero-order valence-electron chi connectivity index (χ0n) is 13.9. The van der Waals surface area contributed by atoms with Gasteiger partial charge in [0.2, 0.25) is 5.91 Å². The van der Waals surface area contributed by atoms with Crippen LogP contribution in [0.15, 0.2) is 35.0 Å². The van der Waals surface area contributed by atoms with Crippen LogP contribution in [0.1, 0.15) is 45.2 Å². The first-order valence-electron chi connectivity index (χ1n) is 8.05. The van der Waals surface area contributed by atoms with Crippen LogP contribution >= 0.6 is 23.2 Å². The molecule has 1 amide bonds. The molecule has 1 aliphatic rings. The van der Waals surface area contributed by atoms with E-state index in [0.29, 0.717) is 12.5 Å². The second-order valence-electron chi connectivity index (χ2n) is 6.87. The Labute approximate surface area is 148 Å². The normalized spacial score (nSPS) is 23.0. The molecule has 5 heteroatoms. The summed E-state index contributed by atoms with van der Waals surface area (Å²) >= 11 is 11.4. The van der Waals surface area contributed by atoms with Gasteiger partial charge in [-0.05, 0) is 48.3 Å². The quantitative estimate of drug-likeness (QED) is 0.722. The molecule has 0 saturated heterocycles. The molecule has 1 aromatic heterocycles. The Bertz CT molecular complexity index is 568. The van der Waals surface area contributed by atoms with E-state index in [1.807, 2.05) is 24.4 Å². The van der Waals surface area contributed by atoms with Crippen LogP contribution in [0.5, 0.6) is 0 Å². The Hall–Kier alpha value is -1.06. The van der Waals surface area contributed by atoms with Gasteiger partial charge in [-0.2, -0.15) is 0 Å². The van der Waals surface area contributed by atoms with Crippen molar-refractivity contribution in [2.24, 2.45) is 17.3 Å². The van der Waals surface area contributed by atoms with Crippen LogP contribution in [0, 0.1) is 17.3 Å². The molecule has 1 aromatic rings. The van der Waals surface area contributed by atoms with Crippen LogP contribution in [0.3, 0.4) is 0 Å². The van der Waals surface area contributed by atoms with Gasteiger partial charge in [-0.25, -0.2) is 0 Å². The van der Waals surface area contributed by atoms with Crippen molar-refractivity contribution in [3.05, 3.63) is 40.7 Å². The van der Waals surface area contributed by atoms with Crippen molar-refractivity contribution in [3.8, 4) is 0 Å². The average molecular weight is 355 g/mol. The van der Waals surface area contributed by atoms with Gasteiger partial charge in [0.05, 0.1) is 5.92 Å². The van der Waals surface area contributed by atoms with E-state index < -0.39 is 0 Å². The van der Waals surface area contributed by atoms with E-state index in [9.17, 15) is 4.79 Å². The van der Waals surface area contributed by atoms with Gasteiger partial charge in [-0.1, -0.05) is 50.0 Å². The summed E-state index contributed by atoms with van der Waals surface area (Å²) in [5, 5.41) is 3.04. The van der Waals surface area contributed by atoms with Gasteiger partial charge in [0.1, 0.15) is 4.49 Å². The Morgan fingerprint density at radius 2 is 2.17 bits per heavy atom. The highest BCUT2D eigenvalue weighted by Crippen LogP contribution is 2.59. The Kier molecular flexibility index (Phi) is 6.10. The van der Waals surface area contributed by atoms with Crippen molar-refractivity contribution < 1.29 is 4.79 Å². The SMILES string of the molecule is CC(CCCNC(=O)C1C(C=C(Cl)Cl)C1(C)C)c1ccccn1. The minimum atomic E-state index is -0.0691. The van der Waals surface area contributed by atoms with Crippen LogP contribution in [0.25, 0.3) is 0 Å². The fourth-order valence-electron chi connectivity index (χ4n) is 3.17. The third kappa shape index (κ3) is 4.71. The molecule has 0 bridgehead atoms. The van der Waals surface area contributed by atoms with Gasteiger partial charge in [0.15, 0.2) is 0 Å². The number of carbonyl (C=O) groups excluding carboxylic acids is 1.